The first-order chi connectivity index (χ1) is 13.4. The Bertz CT molecular complexity index is 990. The molecular formula is C20H22N4O3S. The van der Waals surface area contributed by atoms with E-state index < -0.39 is 10.0 Å². The van der Waals surface area contributed by atoms with Crippen LogP contribution in [0.5, 0.6) is 5.75 Å². The highest BCUT2D eigenvalue weighted by atomic mass is 32.2. The summed E-state index contributed by atoms with van der Waals surface area (Å²) in [6.07, 6.45) is 4.95. The largest absolute Gasteiger partial charge is 0.491 e. The van der Waals surface area contributed by atoms with Crippen molar-refractivity contribution in [3.63, 3.8) is 0 Å². The van der Waals surface area contributed by atoms with Gasteiger partial charge in [0.05, 0.1) is 22.9 Å². The second-order valence-electron chi connectivity index (χ2n) is 6.38. The average molecular weight is 398 g/mol. The molecule has 2 N–H and O–H groups in total. The van der Waals surface area contributed by atoms with E-state index in [0.717, 1.165) is 5.56 Å². The van der Waals surface area contributed by atoms with Gasteiger partial charge in [-0.05, 0) is 67.9 Å². The number of nitrogens with zero attached hydrogens (tertiary/aromatic N) is 2. The first-order valence-electron chi connectivity index (χ1n) is 8.81. The summed E-state index contributed by atoms with van der Waals surface area (Å²) in [6, 6.07) is 13.5. The Hall–Kier alpha value is -3.13. The standard InChI is InChI=1S/C20H22N4O3S/c1-15(2)27-18-4-6-19(7-5-18)28(25,26)24-17-3-8-20(23-14-17)22-13-16-9-11-21-12-10-16/h3-12,14-15,24H,13H2,1-2H3,(H,22,23). The SMILES string of the molecule is CC(C)Oc1ccc(S(=O)(=O)Nc2ccc(NCc3ccncc3)nc2)cc1. The van der Waals surface area contributed by atoms with Gasteiger partial charge < -0.3 is 10.1 Å². The van der Waals surface area contributed by atoms with Crippen molar-refractivity contribution in [2.24, 2.45) is 0 Å². The molecule has 0 fully saturated rings. The summed E-state index contributed by atoms with van der Waals surface area (Å²) in [7, 11) is -3.70. The number of ether oxygens (including phenoxy) is 1. The highest BCUT2D eigenvalue weighted by Gasteiger charge is 2.14. The van der Waals surface area contributed by atoms with Crippen molar-refractivity contribution in [2.75, 3.05) is 10.0 Å². The normalized spacial score (nSPS) is 11.2. The summed E-state index contributed by atoms with van der Waals surface area (Å²) in [5.74, 6) is 1.27. The molecule has 146 valence electrons. The first-order valence-corrected chi connectivity index (χ1v) is 10.3. The zero-order chi connectivity index (χ0) is 20.0. The lowest BCUT2D eigenvalue weighted by molar-refractivity contribution is 0.242. The van der Waals surface area contributed by atoms with Crippen LogP contribution >= 0.6 is 0 Å². The molecule has 2 aromatic heterocycles. The molecule has 7 nitrogen and oxygen atoms in total. The number of aromatic nitrogens is 2. The Morgan fingerprint density at radius 1 is 1.00 bits per heavy atom. The van der Waals surface area contributed by atoms with Crippen LogP contribution in [0.15, 0.2) is 72.0 Å². The summed E-state index contributed by atoms with van der Waals surface area (Å²) in [5, 5.41) is 3.17. The molecule has 0 spiro atoms. The second kappa shape index (κ2) is 8.71. The molecule has 0 aliphatic heterocycles. The third kappa shape index (κ3) is 5.43. The van der Waals surface area contributed by atoms with Crippen molar-refractivity contribution < 1.29 is 13.2 Å². The Balaban J connectivity index is 1.62. The van der Waals surface area contributed by atoms with Gasteiger partial charge in [0.25, 0.3) is 10.0 Å². The van der Waals surface area contributed by atoms with Crippen LogP contribution < -0.4 is 14.8 Å². The predicted octanol–water partition coefficient (Wildman–Crippen LogP) is 3.68. The van der Waals surface area contributed by atoms with Gasteiger partial charge in [-0.3, -0.25) is 9.71 Å². The minimum Gasteiger partial charge on any atom is -0.491 e. The van der Waals surface area contributed by atoms with E-state index in [1.54, 1.807) is 36.7 Å². The number of anilines is 2. The maximum atomic E-state index is 12.5. The van der Waals surface area contributed by atoms with Crippen molar-refractivity contribution in [2.45, 2.75) is 31.4 Å². The fraction of sp³-hybridized carbons (Fsp3) is 0.200. The average Bonchev–Trinajstić information content (AvgIpc) is 2.68. The molecule has 8 heteroatoms. The molecule has 28 heavy (non-hydrogen) atoms. The van der Waals surface area contributed by atoms with Crippen molar-refractivity contribution in [3.05, 3.63) is 72.7 Å². The van der Waals surface area contributed by atoms with Gasteiger partial charge in [0, 0.05) is 18.9 Å². The van der Waals surface area contributed by atoms with E-state index in [1.165, 1.54) is 18.3 Å². The van der Waals surface area contributed by atoms with Gasteiger partial charge in [-0.1, -0.05) is 0 Å². The van der Waals surface area contributed by atoms with E-state index in [4.69, 9.17) is 4.74 Å². The van der Waals surface area contributed by atoms with Crippen molar-refractivity contribution in [1.82, 2.24) is 9.97 Å². The molecule has 0 bridgehead atoms. The van der Waals surface area contributed by atoms with E-state index in [-0.39, 0.29) is 11.0 Å². The van der Waals surface area contributed by atoms with Gasteiger partial charge >= 0.3 is 0 Å². The zero-order valence-corrected chi connectivity index (χ0v) is 16.5. The molecule has 0 unspecified atom stereocenters. The van der Waals surface area contributed by atoms with Gasteiger partial charge in [-0.2, -0.15) is 0 Å². The molecule has 0 radical (unpaired) electrons. The maximum absolute atomic E-state index is 12.5. The van der Waals surface area contributed by atoms with Crippen LogP contribution in [0.1, 0.15) is 19.4 Å². The van der Waals surface area contributed by atoms with Crippen LogP contribution in [0.25, 0.3) is 0 Å². The van der Waals surface area contributed by atoms with E-state index >= 15 is 0 Å². The third-order valence-corrected chi connectivity index (χ3v) is 5.14. The fourth-order valence-corrected chi connectivity index (χ4v) is 3.48. The minimum absolute atomic E-state index is 0.0253. The summed E-state index contributed by atoms with van der Waals surface area (Å²) >= 11 is 0. The molecule has 0 amide bonds. The van der Waals surface area contributed by atoms with Crippen LogP contribution in [0.2, 0.25) is 0 Å². The Kier molecular flexibility index (Phi) is 6.10. The predicted molar refractivity (Wildman–Crippen MR) is 109 cm³/mol. The highest BCUT2D eigenvalue weighted by molar-refractivity contribution is 7.92. The van der Waals surface area contributed by atoms with E-state index in [9.17, 15) is 8.42 Å². The summed E-state index contributed by atoms with van der Waals surface area (Å²) in [6.45, 7) is 4.43. The molecule has 3 rings (SSSR count). The molecule has 0 saturated carbocycles. The first kappa shape index (κ1) is 19.6. The van der Waals surface area contributed by atoms with Crippen LogP contribution in [0, 0.1) is 0 Å². The van der Waals surface area contributed by atoms with Gasteiger partial charge in [-0.15, -0.1) is 0 Å². The number of pyridine rings is 2. The summed E-state index contributed by atoms with van der Waals surface area (Å²) in [5.41, 5.74) is 1.46. The molecule has 3 aromatic rings. The summed E-state index contributed by atoms with van der Waals surface area (Å²) in [4.78, 5) is 8.37. The monoisotopic (exact) mass is 398 g/mol. The number of benzene rings is 1. The fourth-order valence-electron chi connectivity index (χ4n) is 2.44. The van der Waals surface area contributed by atoms with E-state index in [0.29, 0.717) is 23.8 Å². The Morgan fingerprint density at radius 3 is 2.32 bits per heavy atom. The van der Waals surface area contributed by atoms with Crippen molar-refractivity contribution in [3.8, 4) is 5.75 Å². The van der Waals surface area contributed by atoms with Crippen molar-refractivity contribution >= 4 is 21.5 Å². The zero-order valence-electron chi connectivity index (χ0n) is 15.7. The Morgan fingerprint density at radius 2 is 1.71 bits per heavy atom. The molecule has 0 aliphatic carbocycles. The maximum Gasteiger partial charge on any atom is 0.261 e. The van der Waals surface area contributed by atoms with Crippen LogP contribution in [0.4, 0.5) is 11.5 Å². The van der Waals surface area contributed by atoms with Crippen LogP contribution in [0.3, 0.4) is 0 Å². The lowest BCUT2D eigenvalue weighted by Crippen LogP contribution is -2.13. The topological polar surface area (TPSA) is 93.2 Å². The van der Waals surface area contributed by atoms with Crippen LogP contribution in [-0.4, -0.2) is 24.5 Å². The quantitative estimate of drug-likeness (QED) is 0.601. The number of sulfonamides is 1. The molecular weight excluding hydrogens is 376 g/mol. The lowest BCUT2D eigenvalue weighted by atomic mass is 10.3. The van der Waals surface area contributed by atoms with E-state index in [1.807, 2.05) is 26.0 Å². The minimum atomic E-state index is -3.70. The van der Waals surface area contributed by atoms with Gasteiger partial charge in [-0.25, -0.2) is 13.4 Å². The second-order valence-corrected chi connectivity index (χ2v) is 8.07. The Labute approximate surface area is 164 Å². The third-order valence-electron chi connectivity index (χ3n) is 3.74. The molecule has 2 heterocycles. The molecule has 0 aliphatic rings. The molecule has 0 atom stereocenters. The number of hydrogen-bond donors (Lipinski definition) is 2. The lowest BCUT2D eigenvalue weighted by Gasteiger charge is -2.11. The molecule has 0 saturated heterocycles. The van der Waals surface area contributed by atoms with Gasteiger partial charge in [0.2, 0.25) is 0 Å². The van der Waals surface area contributed by atoms with Gasteiger partial charge in [0.1, 0.15) is 11.6 Å². The number of nitrogens with one attached hydrogen (secondary N) is 2. The van der Waals surface area contributed by atoms with Crippen molar-refractivity contribution in [1.29, 1.82) is 0 Å². The summed E-state index contributed by atoms with van der Waals surface area (Å²) < 4.78 is 33.1. The van der Waals surface area contributed by atoms with Crippen LogP contribution in [-0.2, 0) is 16.6 Å². The van der Waals surface area contributed by atoms with E-state index in [2.05, 4.69) is 20.0 Å². The smallest absolute Gasteiger partial charge is 0.261 e. The number of rotatable bonds is 8. The van der Waals surface area contributed by atoms with Gasteiger partial charge in [0.15, 0.2) is 0 Å². The highest BCUT2D eigenvalue weighted by Crippen LogP contribution is 2.20. The molecule has 1 aromatic carbocycles. The number of hydrogen-bond acceptors (Lipinski definition) is 6.